The number of carboxylic acids is 1. The highest BCUT2D eigenvalue weighted by molar-refractivity contribution is 5.88. The van der Waals surface area contributed by atoms with Crippen LogP contribution < -0.4 is 5.56 Å². The second-order valence-electron chi connectivity index (χ2n) is 4.06. The van der Waals surface area contributed by atoms with Crippen molar-refractivity contribution in [3.05, 3.63) is 51.7 Å². The lowest BCUT2D eigenvalue weighted by atomic mass is 10.2. The first-order chi connectivity index (χ1) is 8.50. The van der Waals surface area contributed by atoms with Crippen LogP contribution in [-0.4, -0.2) is 25.4 Å². The number of aryl methyl sites for hydroxylation is 2. The average Bonchev–Trinajstić information content (AvgIpc) is 2.67. The van der Waals surface area contributed by atoms with E-state index in [1.54, 1.807) is 32.3 Å². The van der Waals surface area contributed by atoms with Crippen molar-refractivity contribution in [1.29, 1.82) is 0 Å². The van der Waals surface area contributed by atoms with E-state index in [0.717, 1.165) is 0 Å². The molecule has 2 heterocycles. The number of nitrogens with zero attached hydrogens (tertiary/aromatic N) is 3. The molecule has 0 saturated carbocycles. The van der Waals surface area contributed by atoms with Gasteiger partial charge in [0.25, 0.3) is 5.56 Å². The molecule has 0 fully saturated rings. The molecule has 0 aromatic carbocycles. The molecule has 0 spiro atoms. The summed E-state index contributed by atoms with van der Waals surface area (Å²) in [4.78, 5) is 22.9. The van der Waals surface area contributed by atoms with Gasteiger partial charge in [-0.3, -0.25) is 9.48 Å². The van der Waals surface area contributed by atoms with Gasteiger partial charge in [0, 0.05) is 18.8 Å². The van der Waals surface area contributed by atoms with Gasteiger partial charge in [0.05, 0.1) is 18.4 Å². The zero-order valence-electron chi connectivity index (χ0n) is 10.1. The van der Waals surface area contributed by atoms with Gasteiger partial charge in [-0.2, -0.15) is 5.10 Å². The number of hydrogen-bond donors (Lipinski definition) is 1. The minimum Gasteiger partial charge on any atom is -0.478 e. The highest BCUT2D eigenvalue weighted by atomic mass is 16.4. The van der Waals surface area contributed by atoms with Gasteiger partial charge in [-0.15, -0.1) is 0 Å². The molecule has 0 saturated heterocycles. The Kier molecular flexibility index (Phi) is 3.01. The summed E-state index contributed by atoms with van der Waals surface area (Å²) in [5.74, 6) is -1.04. The van der Waals surface area contributed by atoms with Crippen molar-refractivity contribution in [1.82, 2.24) is 14.3 Å². The second kappa shape index (κ2) is 4.48. The third kappa shape index (κ3) is 2.04. The fourth-order valence-corrected chi connectivity index (χ4v) is 1.77. The van der Waals surface area contributed by atoms with Gasteiger partial charge in [-0.05, 0) is 13.0 Å². The topological polar surface area (TPSA) is 77.1 Å². The Labute approximate surface area is 103 Å². The number of carboxylic acid groups (broad SMARTS) is 1. The van der Waals surface area contributed by atoms with Crippen LogP contribution >= 0.6 is 0 Å². The molecule has 18 heavy (non-hydrogen) atoms. The average molecular weight is 247 g/mol. The Morgan fingerprint density at radius 3 is 2.89 bits per heavy atom. The van der Waals surface area contributed by atoms with Crippen molar-refractivity contribution in [3.63, 3.8) is 0 Å². The van der Waals surface area contributed by atoms with Crippen molar-refractivity contribution in [2.24, 2.45) is 7.05 Å². The molecule has 0 aliphatic carbocycles. The lowest BCUT2D eigenvalue weighted by Gasteiger charge is -2.08. The van der Waals surface area contributed by atoms with Crippen molar-refractivity contribution in [2.75, 3.05) is 0 Å². The number of hydrogen-bond acceptors (Lipinski definition) is 3. The molecule has 2 aromatic heterocycles. The summed E-state index contributed by atoms with van der Waals surface area (Å²) in [6, 6.07) is 3.48. The summed E-state index contributed by atoms with van der Waals surface area (Å²) < 4.78 is 2.94. The van der Waals surface area contributed by atoms with Crippen LogP contribution in [0.15, 0.2) is 29.3 Å². The van der Waals surface area contributed by atoms with Crippen LogP contribution in [0.5, 0.6) is 0 Å². The van der Waals surface area contributed by atoms with Crippen LogP contribution in [-0.2, 0) is 13.6 Å². The summed E-state index contributed by atoms with van der Waals surface area (Å²) in [5.41, 5.74) is 1.10. The highest BCUT2D eigenvalue weighted by Crippen LogP contribution is 2.08. The molecule has 0 bridgehead atoms. The minimum atomic E-state index is -1.04. The zero-order chi connectivity index (χ0) is 13.3. The monoisotopic (exact) mass is 247 g/mol. The van der Waals surface area contributed by atoms with Gasteiger partial charge in [0.15, 0.2) is 0 Å². The van der Waals surface area contributed by atoms with Crippen LogP contribution in [0.1, 0.15) is 21.6 Å². The molecule has 0 amide bonds. The van der Waals surface area contributed by atoms with Crippen molar-refractivity contribution in [2.45, 2.75) is 13.5 Å². The zero-order valence-corrected chi connectivity index (χ0v) is 10.1. The SMILES string of the molecule is Cc1cccn(Cc2c(C(=O)O)cnn2C)c1=O. The normalized spacial score (nSPS) is 10.6. The van der Waals surface area contributed by atoms with Gasteiger partial charge in [-0.1, -0.05) is 6.07 Å². The van der Waals surface area contributed by atoms with E-state index in [2.05, 4.69) is 5.10 Å². The highest BCUT2D eigenvalue weighted by Gasteiger charge is 2.15. The maximum absolute atomic E-state index is 11.9. The van der Waals surface area contributed by atoms with E-state index >= 15 is 0 Å². The summed E-state index contributed by atoms with van der Waals surface area (Å²) >= 11 is 0. The van der Waals surface area contributed by atoms with Gasteiger partial charge < -0.3 is 9.67 Å². The van der Waals surface area contributed by atoms with Crippen LogP contribution in [0, 0.1) is 6.92 Å². The van der Waals surface area contributed by atoms with Crippen molar-refractivity contribution >= 4 is 5.97 Å². The summed E-state index contributed by atoms with van der Waals surface area (Å²) in [6.07, 6.45) is 2.92. The standard InChI is InChI=1S/C12H13N3O3/c1-8-4-3-5-15(11(8)16)7-10-9(12(17)18)6-13-14(10)2/h3-6H,7H2,1-2H3,(H,17,18). The van der Waals surface area contributed by atoms with E-state index in [4.69, 9.17) is 5.11 Å². The molecular formula is C12H13N3O3. The molecule has 0 unspecified atom stereocenters. The van der Waals surface area contributed by atoms with Crippen LogP contribution in [0.2, 0.25) is 0 Å². The van der Waals surface area contributed by atoms with Crippen LogP contribution in [0.25, 0.3) is 0 Å². The van der Waals surface area contributed by atoms with E-state index < -0.39 is 5.97 Å². The lowest BCUT2D eigenvalue weighted by molar-refractivity contribution is 0.0695. The smallest absolute Gasteiger partial charge is 0.339 e. The third-order valence-corrected chi connectivity index (χ3v) is 2.82. The van der Waals surface area contributed by atoms with E-state index in [1.165, 1.54) is 15.4 Å². The number of aromatic nitrogens is 3. The Hall–Kier alpha value is -2.37. The maximum atomic E-state index is 11.9. The Morgan fingerprint density at radius 1 is 1.50 bits per heavy atom. The van der Waals surface area contributed by atoms with Gasteiger partial charge in [-0.25, -0.2) is 4.79 Å². The van der Waals surface area contributed by atoms with Crippen molar-refractivity contribution in [3.8, 4) is 0 Å². The molecule has 2 aromatic rings. The molecule has 94 valence electrons. The predicted molar refractivity (Wildman–Crippen MR) is 64.7 cm³/mol. The fraction of sp³-hybridized carbons (Fsp3) is 0.250. The first-order valence-corrected chi connectivity index (χ1v) is 5.41. The van der Waals surface area contributed by atoms with E-state index in [1.807, 2.05) is 0 Å². The number of carbonyl (C=O) groups is 1. The molecule has 6 heteroatoms. The number of aromatic carboxylic acids is 1. The van der Waals surface area contributed by atoms with Gasteiger partial charge in [0.1, 0.15) is 5.56 Å². The fourth-order valence-electron chi connectivity index (χ4n) is 1.77. The summed E-state index contributed by atoms with van der Waals surface area (Å²) in [5, 5.41) is 12.9. The van der Waals surface area contributed by atoms with E-state index in [0.29, 0.717) is 11.3 Å². The van der Waals surface area contributed by atoms with Crippen LogP contribution in [0.4, 0.5) is 0 Å². The molecule has 6 nitrogen and oxygen atoms in total. The molecule has 1 N–H and O–H groups in total. The van der Waals surface area contributed by atoms with Gasteiger partial charge in [0.2, 0.25) is 0 Å². The minimum absolute atomic E-state index is 0.117. The molecule has 0 radical (unpaired) electrons. The lowest BCUT2D eigenvalue weighted by Crippen LogP contribution is -2.23. The number of rotatable bonds is 3. The van der Waals surface area contributed by atoms with Gasteiger partial charge >= 0.3 is 5.97 Å². The maximum Gasteiger partial charge on any atom is 0.339 e. The summed E-state index contributed by atoms with van der Waals surface area (Å²) in [6.45, 7) is 1.92. The molecule has 0 aliphatic heterocycles. The van der Waals surface area contributed by atoms with Crippen LogP contribution in [0.3, 0.4) is 0 Å². The summed E-state index contributed by atoms with van der Waals surface area (Å²) in [7, 11) is 1.66. The first-order valence-electron chi connectivity index (χ1n) is 5.41. The molecule has 2 rings (SSSR count). The first kappa shape index (κ1) is 12.1. The molecular weight excluding hydrogens is 234 g/mol. The second-order valence-corrected chi connectivity index (χ2v) is 4.06. The van der Waals surface area contributed by atoms with E-state index in [9.17, 15) is 9.59 Å². The Balaban J connectivity index is 2.46. The Morgan fingerprint density at radius 2 is 2.22 bits per heavy atom. The Bertz CT molecular complexity index is 655. The molecule has 0 aliphatic rings. The van der Waals surface area contributed by atoms with E-state index in [-0.39, 0.29) is 17.7 Å². The largest absolute Gasteiger partial charge is 0.478 e. The quantitative estimate of drug-likeness (QED) is 0.863. The van der Waals surface area contributed by atoms with Crippen molar-refractivity contribution < 1.29 is 9.90 Å². The third-order valence-electron chi connectivity index (χ3n) is 2.82. The molecule has 0 atom stereocenters. The predicted octanol–water partition coefficient (Wildman–Crippen LogP) is 0.637. The number of pyridine rings is 1.